The first kappa shape index (κ1) is 14.5. The standard InChI is InChI=1S/C13H20BrNO2/c1-9-6-12(14)7-11(8-15-3)13(9)17-5-4-10(2)16/h6-7,10,15-16H,4-5,8H2,1-3H3. The quantitative estimate of drug-likeness (QED) is 0.849. The normalized spacial score (nSPS) is 12.5. The van der Waals surface area contributed by atoms with Crippen LogP contribution in [-0.2, 0) is 6.54 Å². The van der Waals surface area contributed by atoms with Gasteiger partial charge in [0, 0.05) is 23.0 Å². The Kier molecular flexibility index (Phi) is 5.95. The van der Waals surface area contributed by atoms with Crippen LogP contribution in [-0.4, -0.2) is 24.9 Å². The van der Waals surface area contributed by atoms with Crippen LogP contribution >= 0.6 is 15.9 Å². The van der Waals surface area contributed by atoms with Crippen LogP contribution in [0, 0.1) is 6.92 Å². The van der Waals surface area contributed by atoms with Gasteiger partial charge in [-0.15, -0.1) is 0 Å². The van der Waals surface area contributed by atoms with Gasteiger partial charge in [0.2, 0.25) is 0 Å². The predicted octanol–water partition coefficient (Wildman–Crippen LogP) is 2.63. The molecule has 1 rings (SSSR count). The van der Waals surface area contributed by atoms with Crippen molar-refractivity contribution < 1.29 is 9.84 Å². The van der Waals surface area contributed by atoms with Gasteiger partial charge in [-0.1, -0.05) is 15.9 Å². The molecule has 1 unspecified atom stereocenters. The van der Waals surface area contributed by atoms with E-state index in [0.717, 1.165) is 27.9 Å². The molecule has 0 aliphatic rings. The van der Waals surface area contributed by atoms with Crippen molar-refractivity contribution >= 4 is 15.9 Å². The van der Waals surface area contributed by atoms with Gasteiger partial charge in [-0.25, -0.2) is 0 Å². The molecule has 0 radical (unpaired) electrons. The summed E-state index contributed by atoms with van der Waals surface area (Å²) in [6.07, 6.45) is 0.326. The second-order valence-electron chi connectivity index (χ2n) is 4.23. The number of rotatable bonds is 6. The lowest BCUT2D eigenvalue weighted by Crippen LogP contribution is -2.12. The topological polar surface area (TPSA) is 41.5 Å². The van der Waals surface area contributed by atoms with Gasteiger partial charge in [-0.05, 0) is 38.6 Å². The number of benzene rings is 1. The van der Waals surface area contributed by atoms with Crippen LogP contribution in [0.15, 0.2) is 16.6 Å². The monoisotopic (exact) mass is 301 g/mol. The average molecular weight is 302 g/mol. The fourth-order valence-corrected chi connectivity index (χ4v) is 2.28. The zero-order valence-corrected chi connectivity index (χ0v) is 12.2. The highest BCUT2D eigenvalue weighted by atomic mass is 79.9. The minimum atomic E-state index is -0.321. The zero-order valence-electron chi connectivity index (χ0n) is 10.6. The van der Waals surface area contributed by atoms with E-state index in [0.29, 0.717) is 13.0 Å². The second kappa shape index (κ2) is 6.99. The Morgan fingerprint density at radius 3 is 2.76 bits per heavy atom. The number of aliphatic hydroxyl groups is 1. The highest BCUT2D eigenvalue weighted by Gasteiger charge is 2.09. The van der Waals surface area contributed by atoms with Gasteiger partial charge < -0.3 is 15.2 Å². The lowest BCUT2D eigenvalue weighted by Gasteiger charge is -2.15. The summed E-state index contributed by atoms with van der Waals surface area (Å²) in [5, 5.41) is 12.3. The molecule has 0 spiro atoms. The molecule has 0 aliphatic carbocycles. The maximum Gasteiger partial charge on any atom is 0.126 e. The molecular weight excluding hydrogens is 282 g/mol. The lowest BCUT2D eigenvalue weighted by molar-refractivity contribution is 0.155. The van der Waals surface area contributed by atoms with Crippen LogP contribution in [0.4, 0.5) is 0 Å². The molecule has 0 bridgehead atoms. The zero-order chi connectivity index (χ0) is 12.8. The molecule has 0 heterocycles. The molecule has 0 saturated carbocycles. The van der Waals surface area contributed by atoms with Gasteiger partial charge in [-0.3, -0.25) is 0 Å². The number of hydrogen-bond donors (Lipinski definition) is 2. The Hall–Kier alpha value is -0.580. The van der Waals surface area contributed by atoms with Crippen LogP contribution in [0.3, 0.4) is 0 Å². The van der Waals surface area contributed by atoms with Crippen LogP contribution in [0.2, 0.25) is 0 Å². The Labute approximate surface area is 111 Å². The van der Waals surface area contributed by atoms with Crippen molar-refractivity contribution in [3.63, 3.8) is 0 Å². The van der Waals surface area contributed by atoms with E-state index >= 15 is 0 Å². The Bertz CT molecular complexity index is 367. The third-order valence-corrected chi connectivity index (χ3v) is 2.92. The SMILES string of the molecule is CNCc1cc(Br)cc(C)c1OCCC(C)O. The molecule has 0 aromatic heterocycles. The van der Waals surface area contributed by atoms with Crippen molar-refractivity contribution in [2.24, 2.45) is 0 Å². The van der Waals surface area contributed by atoms with E-state index in [2.05, 4.69) is 27.3 Å². The molecule has 1 aromatic rings. The fraction of sp³-hybridized carbons (Fsp3) is 0.538. The van der Waals surface area contributed by atoms with Crippen molar-refractivity contribution in [3.8, 4) is 5.75 Å². The molecule has 0 aliphatic heterocycles. The number of nitrogens with one attached hydrogen (secondary N) is 1. The van der Waals surface area contributed by atoms with Gasteiger partial charge in [0.1, 0.15) is 5.75 Å². The van der Waals surface area contributed by atoms with Crippen molar-refractivity contribution in [3.05, 3.63) is 27.7 Å². The van der Waals surface area contributed by atoms with E-state index in [1.165, 1.54) is 0 Å². The maximum atomic E-state index is 9.22. The number of aryl methyl sites for hydroxylation is 1. The molecule has 0 amide bonds. The van der Waals surface area contributed by atoms with Crippen molar-refractivity contribution in [1.29, 1.82) is 0 Å². The second-order valence-corrected chi connectivity index (χ2v) is 5.14. The number of halogens is 1. The third-order valence-electron chi connectivity index (χ3n) is 2.47. The summed E-state index contributed by atoms with van der Waals surface area (Å²) >= 11 is 3.49. The van der Waals surface area contributed by atoms with Gasteiger partial charge in [0.25, 0.3) is 0 Å². The number of ether oxygens (including phenoxy) is 1. The smallest absolute Gasteiger partial charge is 0.126 e. The largest absolute Gasteiger partial charge is 0.493 e. The van der Waals surface area contributed by atoms with E-state index in [4.69, 9.17) is 4.74 Å². The van der Waals surface area contributed by atoms with Crippen LogP contribution in [0.25, 0.3) is 0 Å². The van der Waals surface area contributed by atoms with Crippen molar-refractivity contribution in [2.45, 2.75) is 32.9 Å². The molecule has 0 saturated heterocycles. The highest BCUT2D eigenvalue weighted by Crippen LogP contribution is 2.28. The molecular formula is C13H20BrNO2. The van der Waals surface area contributed by atoms with Gasteiger partial charge >= 0.3 is 0 Å². The molecule has 17 heavy (non-hydrogen) atoms. The minimum Gasteiger partial charge on any atom is -0.493 e. The van der Waals surface area contributed by atoms with Crippen LogP contribution in [0.5, 0.6) is 5.75 Å². The predicted molar refractivity (Wildman–Crippen MR) is 73.4 cm³/mol. The third kappa shape index (κ3) is 4.66. The highest BCUT2D eigenvalue weighted by molar-refractivity contribution is 9.10. The van der Waals surface area contributed by atoms with E-state index < -0.39 is 0 Å². The maximum absolute atomic E-state index is 9.22. The molecule has 4 heteroatoms. The molecule has 3 nitrogen and oxygen atoms in total. The summed E-state index contributed by atoms with van der Waals surface area (Å²) in [5.41, 5.74) is 2.24. The Morgan fingerprint density at radius 2 is 2.18 bits per heavy atom. The summed E-state index contributed by atoms with van der Waals surface area (Å²) < 4.78 is 6.82. The van der Waals surface area contributed by atoms with Crippen molar-refractivity contribution in [2.75, 3.05) is 13.7 Å². The van der Waals surface area contributed by atoms with E-state index in [1.54, 1.807) is 6.92 Å². The first-order valence-corrected chi connectivity index (χ1v) is 6.58. The molecule has 1 atom stereocenters. The first-order chi connectivity index (χ1) is 8.04. The van der Waals surface area contributed by atoms with Crippen LogP contribution < -0.4 is 10.1 Å². The van der Waals surface area contributed by atoms with Gasteiger partial charge in [-0.2, -0.15) is 0 Å². The van der Waals surface area contributed by atoms with E-state index in [9.17, 15) is 5.11 Å². The molecule has 1 aromatic carbocycles. The summed E-state index contributed by atoms with van der Waals surface area (Å²) in [5.74, 6) is 0.920. The van der Waals surface area contributed by atoms with E-state index in [-0.39, 0.29) is 6.10 Å². The Balaban J connectivity index is 2.80. The van der Waals surface area contributed by atoms with E-state index in [1.807, 2.05) is 20.0 Å². The summed E-state index contributed by atoms with van der Waals surface area (Å²) in [6, 6.07) is 4.10. The Morgan fingerprint density at radius 1 is 1.47 bits per heavy atom. The molecule has 2 N–H and O–H groups in total. The average Bonchev–Trinajstić information content (AvgIpc) is 2.21. The van der Waals surface area contributed by atoms with Gasteiger partial charge in [0.05, 0.1) is 12.7 Å². The van der Waals surface area contributed by atoms with Crippen molar-refractivity contribution in [1.82, 2.24) is 5.32 Å². The fourth-order valence-electron chi connectivity index (χ4n) is 1.66. The number of aliphatic hydroxyl groups excluding tert-OH is 1. The summed E-state index contributed by atoms with van der Waals surface area (Å²) in [7, 11) is 1.91. The molecule has 96 valence electrons. The lowest BCUT2D eigenvalue weighted by atomic mass is 10.1. The number of hydrogen-bond acceptors (Lipinski definition) is 3. The summed E-state index contributed by atoms with van der Waals surface area (Å²) in [4.78, 5) is 0. The van der Waals surface area contributed by atoms with Gasteiger partial charge in [0.15, 0.2) is 0 Å². The molecule has 0 fully saturated rings. The van der Waals surface area contributed by atoms with Crippen LogP contribution in [0.1, 0.15) is 24.5 Å². The minimum absolute atomic E-state index is 0.321. The first-order valence-electron chi connectivity index (χ1n) is 5.79. The summed E-state index contributed by atoms with van der Waals surface area (Å²) in [6.45, 7) is 5.11.